The Morgan fingerprint density at radius 2 is 2.10 bits per heavy atom. The fraction of sp³-hybridized carbons (Fsp3) is 0.467. The number of hydrogen-bond acceptors (Lipinski definition) is 4. The van der Waals surface area contributed by atoms with Gasteiger partial charge in [0.1, 0.15) is 6.61 Å². The lowest BCUT2D eigenvalue weighted by Crippen LogP contribution is -2.44. The monoisotopic (exact) mass is 309 g/mol. The maximum absolute atomic E-state index is 11.8. The van der Waals surface area contributed by atoms with E-state index in [9.17, 15) is 9.59 Å². The number of rotatable bonds is 5. The maximum Gasteiger partial charge on any atom is 0.407 e. The van der Waals surface area contributed by atoms with Gasteiger partial charge in [-0.2, -0.15) is 11.8 Å². The third-order valence-corrected chi connectivity index (χ3v) is 4.62. The van der Waals surface area contributed by atoms with Crippen molar-refractivity contribution in [1.29, 1.82) is 0 Å². The van der Waals surface area contributed by atoms with Crippen LogP contribution < -0.4 is 5.32 Å². The number of hydrogen-bond donors (Lipinski definition) is 2. The predicted octanol–water partition coefficient (Wildman–Crippen LogP) is 2.51. The van der Waals surface area contributed by atoms with Gasteiger partial charge in [0.15, 0.2) is 0 Å². The van der Waals surface area contributed by atoms with Crippen molar-refractivity contribution in [2.24, 2.45) is 5.92 Å². The summed E-state index contributed by atoms with van der Waals surface area (Å²) in [5.74, 6) is 0.827. The zero-order chi connectivity index (χ0) is 15.1. The maximum atomic E-state index is 11.8. The number of carboxylic acids is 1. The lowest BCUT2D eigenvalue weighted by Gasteiger charge is -2.30. The molecule has 1 aliphatic rings. The molecule has 1 aromatic rings. The second kappa shape index (κ2) is 7.93. The van der Waals surface area contributed by atoms with E-state index in [-0.39, 0.29) is 25.0 Å². The van der Waals surface area contributed by atoms with Gasteiger partial charge in [0.25, 0.3) is 0 Å². The normalized spacial score (nSPS) is 21.5. The predicted molar refractivity (Wildman–Crippen MR) is 81.2 cm³/mol. The van der Waals surface area contributed by atoms with Crippen molar-refractivity contribution >= 4 is 23.8 Å². The molecule has 2 unspecified atom stereocenters. The molecule has 0 aliphatic carbocycles. The summed E-state index contributed by atoms with van der Waals surface area (Å²) in [6.45, 7) is 0.220. The molecular weight excluding hydrogens is 290 g/mol. The summed E-state index contributed by atoms with van der Waals surface area (Å²) in [6, 6.07) is 9.33. The van der Waals surface area contributed by atoms with E-state index < -0.39 is 12.1 Å². The fourth-order valence-corrected chi connectivity index (χ4v) is 3.57. The van der Waals surface area contributed by atoms with E-state index in [0.717, 1.165) is 23.5 Å². The summed E-state index contributed by atoms with van der Waals surface area (Å²) in [6.07, 6.45) is 0.380. The third kappa shape index (κ3) is 5.30. The van der Waals surface area contributed by atoms with Gasteiger partial charge in [0.05, 0.1) is 6.42 Å². The minimum Gasteiger partial charge on any atom is -0.481 e. The number of amides is 1. The van der Waals surface area contributed by atoms with E-state index in [1.54, 1.807) is 11.8 Å². The van der Waals surface area contributed by atoms with Crippen molar-refractivity contribution in [3.63, 3.8) is 0 Å². The molecule has 114 valence electrons. The highest BCUT2D eigenvalue weighted by molar-refractivity contribution is 7.99. The summed E-state index contributed by atoms with van der Waals surface area (Å²) >= 11 is 1.73. The van der Waals surface area contributed by atoms with Crippen LogP contribution in [0.15, 0.2) is 30.3 Å². The van der Waals surface area contributed by atoms with Gasteiger partial charge in [0, 0.05) is 6.04 Å². The van der Waals surface area contributed by atoms with Crippen LogP contribution in [0.5, 0.6) is 0 Å². The molecule has 0 aromatic heterocycles. The number of nitrogens with one attached hydrogen (secondary N) is 1. The van der Waals surface area contributed by atoms with Crippen LogP contribution in [0.25, 0.3) is 0 Å². The quantitative estimate of drug-likeness (QED) is 0.874. The first-order chi connectivity index (χ1) is 10.1. The van der Waals surface area contributed by atoms with Gasteiger partial charge in [-0.05, 0) is 29.4 Å². The molecule has 2 N–H and O–H groups in total. The summed E-state index contributed by atoms with van der Waals surface area (Å²) in [4.78, 5) is 22.7. The Labute approximate surface area is 128 Å². The molecule has 1 saturated heterocycles. The van der Waals surface area contributed by atoms with Crippen LogP contribution in [0.1, 0.15) is 18.4 Å². The summed E-state index contributed by atoms with van der Waals surface area (Å²) in [7, 11) is 0. The second-order valence-electron chi connectivity index (χ2n) is 5.03. The molecular formula is C15H19NO4S. The standard InChI is InChI=1S/C15H19NO4S/c17-14(18)8-12-10-21-7-6-13(12)16-15(19)20-9-11-4-2-1-3-5-11/h1-5,12-13H,6-10H2,(H,16,19)(H,17,18). The van der Waals surface area contributed by atoms with E-state index in [0.29, 0.717) is 0 Å². The average Bonchev–Trinajstić information content (AvgIpc) is 2.48. The van der Waals surface area contributed by atoms with Crippen LogP contribution in [0.2, 0.25) is 0 Å². The molecule has 2 atom stereocenters. The van der Waals surface area contributed by atoms with Crippen molar-refractivity contribution < 1.29 is 19.4 Å². The van der Waals surface area contributed by atoms with Crippen molar-refractivity contribution in [2.45, 2.75) is 25.5 Å². The highest BCUT2D eigenvalue weighted by Crippen LogP contribution is 2.26. The van der Waals surface area contributed by atoms with Gasteiger partial charge >= 0.3 is 12.1 Å². The Morgan fingerprint density at radius 1 is 1.33 bits per heavy atom. The summed E-state index contributed by atoms with van der Waals surface area (Å²) in [5.41, 5.74) is 0.925. The Morgan fingerprint density at radius 3 is 2.81 bits per heavy atom. The van der Waals surface area contributed by atoms with E-state index in [1.807, 2.05) is 30.3 Å². The van der Waals surface area contributed by atoms with Gasteiger partial charge < -0.3 is 15.2 Å². The molecule has 21 heavy (non-hydrogen) atoms. The van der Waals surface area contributed by atoms with Crippen LogP contribution >= 0.6 is 11.8 Å². The molecule has 6 heteroatoms. The Balaban J connectivity index is 1.81. The molecule has 1 heterocycles. The molecule has 5 nitrogen and oxygen atoms in total. The van der Waals surface area contributed by atoms with E-state index in [2.05, 4.69) is 5.32 Å². The smallest absolute Gasteiger partial charge is 0.407 e. The molecule has 0 radical (unpaired) electrons. The molecule has 1 aromatic carbocycles. The Kier molecular flexibility index (Phi) is 5.92. The lowest BCUT2D eigenvalue weighted by atomic mass is 9.95. The minimum absolute atomic E-state index is 0.0366. The molecule has 0 spiro atoms. The zero-order valence-corrected chi connectivity index (χ0v) is 12.5. The van der Waals surface area contributed by atoms with Crippen LogP contribution in [0, 0.1) is 5.92 Å². The number of carboxylic acid groups (broad SMARTS) is 1. The van der Waals surface area contributed by atoms with Crippen molar-refractivity contribution in [2.75, 3.05) is 11.5 Å². The number of aliphatic carboxylic acids is 1. The lowest BCUT2D eigenvalue weighted by molar-refractivity contribution is -0.138. The van der Waals surface area contributed by atoms with Crippen molar-refractivity contribution in [1.82, 2.24) is 5.32 Å². The number of thioether (sulfide) groups is 1. The number of carbonyl (C=O) groups excluding carboxylic acids is 1. The van der Waals surface area contributed by atoms with Crippen molar-refractivity contribution in [3.8, 4) is 0 Å². The minimum atomic E-state index is -0.827. The second-order valence-corrected chi connectivity index (χ2v) is 6.18. The zero-order valence-electron chi connectivity index (χ0n) is 11.7. The van der Waals surface area contributed by atoms with Gasteiger partial charge in [-0.25, -0.2) is 4.79 Å². The molecule has 0 bridgehead atoms. The van der Waals surface area contributed by atoms with Crippen molar-refractivity contribution in [3.05, 3.63) is 35.9 Å². The molecule has 1 fully saturated rings. The third-order valence-electron chi connectivity index (χ3n) is 3.43. The Bertz CT molecular complexity index is 480. The first-order valence-corrected chi connectivity index (χ1v) is 8.07. The molecule has 1 amide bonds. The van der Waals surface area contributed by atoms with Crippen LogP contribution in [-0.2, 0) is 16.1 Å². The van der Waals surface area contributed by atoms with Gasteiger partial charge in [-0.15, -0.1) is 0 Å². The number of carbonyl (C=O) groups is 2. The van der Waals surface area contributed by atoms with Crippen LogP contribution in [-0.4, -0.2) is 34.7 Å². The first-order valence-electron chi connectivity index (χ1n) is 6.92. The summed E-state index contributed by atoms with van der Waals surface area (Å²) < 4.78 is 5.18. The van der Waals surface area contributed by atoms with E-state index in [4.69, 9.17) is 9.84 Å². The van der Waals surface area contributed by atoms with E-state index >= 15 is 0 Å². The highest BCUT2D eigenvalue weighted by atomic mass is 32.2. The Hall–Kier alpha value is -1.69. The molecule has 2 rings (SSSR count). The number of alkyl carbamates (subject to hydrolysis) is 1. The summed E-state index contributed by atoms with van der Waals surface area (Å²) in [5, 5.41) is 11.7. The topological polar surface area (TPSA) is 75.6 Å². The largest absolute Gasteiger partial charge is 0.481 e. The van der Waals surface area contributed by atoms with Gasteiger partial charge in [-0.3, -0.25) is 4.79 Å². The number of ether oxygens (including phenoxy) is 1. The van der Waals surface area contributed by atoms with Gasteiger partial charge in [-0.1, -0.05) is 30.3 Å². The fourth-order valence-electron chi connectivity index (χ4n) is 2.33. The van der Waals surface area contributed by atoms with Crippen LogP contribution in [0.3, 0.4) is 0 Å². The van der Waals surface area contributed by atoms with Gasteiger partial charge in [0.2, 0.25) is 0 Å². The first kappa shape index (κ1) is 15.7. The average molecular weight is 309 g/mol. The van der Waals surface area contributed by atoms with E-state index in [1.165, 1.54) is 0 Å². The SMILES string of the molecule is O=C(O)CC1CSCCC1NC(=O)OCc1ccccc1. The highest BCUT2D eigenvalue weighted by Gasteiger charge is 2.29. The molecule has 1 aliphatic heterocycles. The number of benzene rings is 1. The van der Waals surface area contributed by atoms with Crippen LogP contribution in [0.4, 0.5) is 4.79 Å². The molecule has 0 saturated carbocycles.